The zero-order chi connectivity index (χ0) is 27.9. The molecule has 0 unspecified atom stereocenters. The van der Waals surface area contributed by atoms with Gasteiger partial charge in [-0.3, -0.25) is 0 Å². The van der Waals surface area contributed by atoms with Gasteiger partial charge >= 0.3 is 0 Å². The zero-order valence-corrected chi connectivity index (χ0v) is 23.8. The van der Waals surface area contributed by atoms with Gasteiger partial charge in [0.15, 0.2) is 0 Å². The molecule has 2 heteroatoms. The van der Waals surface area contributed by atoms with Crippen LogP contribution in [0.5, 0.6) is 0 Å². The fraction of sp³-hybridized carbons (Fsp3) is 0. The van der Waals surface area contributed by atoms with Crippen LogP contribution in [0.2, 0.25) is 0 Å². The number of anilines is 3. The monoisotopic (exact) mass is 553 g/mol. The van der Waals surface area contributed by atoms with Gasteiger partial charge in [0.05, 0.1) is 5.69 Å². The van der Waals surface area contributed by atoms with Gasteiger partial charge in [-0.1, -0.05) is 121 Å². The molecule has 0 saturated heterocycles. The molecule has 8 aromatic rings. The van der Waals surface area contributed by atoms with E-state index >= 15 is 0 Å². The summed E-state index contributed by atoms with van der Waals surface area (Å²) in [5, 5.41) is 5.13. The van der Waals surface area contributed by atoms with Crippen molar-refractivity contribution in [2.75, 3.05) is 4.90 Å². The van der Waals surface area contributed by atoms with E-state index in [1.165, 1.54) is 53.2 Å². The van der Waals surface area contributed by atoms with Crippen molar-refractivity contribution >= 4 is 59.3 Å². The normalized spacial score (nSPS) is 11.3. The van der Waals surface area contributed by atoms with Gasteiger partial charge in [-0.15, -0.1) is 11.3 Å². The number of para-hydroxylation sites is 1. The summed E-state index contributed by atoms with van der Waals surface area (Å²) in [6.07, 6.45) is 0. The summed E-state index contributed by atoms with van der Waals surface area (Å²) in [6, 6.07) is 59.2. The molecular formula is C40H27NS. The van der Waals surface area contributed by atoms with Gasteiger partial charge in [-0.2, -0.15) is 0 Å². The smallest absolute Gasteiger partial charge is 0.0540 e. The number of fused-ring (bicyclic) bond motifs is 4. The van der Waals surface area contributed by atoms with Crippen LogP contribution in [-0.2, 0) is 0 Å². The SMILES string of the molecule is c1ccc(-c2ccccc2N(c2cccc(-c3ccc4ccccc4c3)c2)c2ccc3c(c2)sc2ccccc23)cc1. The van der Waals surface area contributed by atoms with Crippen LogP contribution in [0.25, 0.3) is 53.2 Å². The fourth-order valence-electron chi connectivity index (χ4n) is 6.00. The third kappa shape index (κ3) is 4.34. The van der Waals surface area contributed by atoms with Crippen LogP contribution in [0.4, 0.5) is 17.1 Å². The van der Waals surface area contributed by atoms with Crippen LogP contribution < -0.4 is 4.90 Å². The average Bonchev–Trinajstić information content (AvgIpc) is 3.43. The first-order chi connectivity index (χ1) is 20.8. The first-order valence-corrected chi connectivity index (χ1v) is 15.1. The van der Waals surface area contributed by atoms with Crippen LogP contribution in [0.15, 0.2) is 164 Å². The predicted molar refractivity (Wildman–Crippen MR) is 182 cm³/mol. The van der Waals surface area contributed by atoms with Gasteiger partial charge < -0.3 is 4.90 Å². The average molecular weight is 554 g/mol. The van der Waals surface area contributed by atoms with Crippen LogP contribution in [0, 0.1) is 0 Å². The molecule has 0 spiro atoms. The van der Waals surface area contributed by atoms with E-state index in [2.05, 4.69) is 169 Å². The minimum Gasteiger partial charge on any atom is -0.310 e. The van der Waals surface area contributed by atoms with Gasteiger partial charge in [-0.25, -0.2) is 0 Å². The quantitative estimate of drug-likeness (QED) is 0.205. The Kier molecular flexibility index (Phi) is 6.05. The van der Waals surface area contributed by atoms with Gasteiger partial charge in [0.2, 0.25) is 0 Å². The molecule has 0 saturated carbocycles. The van der Waals surface area contributed by atoms with Crippen LogP contribution in [0.1, 0.15) is 0 Å². The van der Waals surface area contributed by atoms with Crippen molar-refractivity contribution in [3.63, 3.8) is 0 Å². The molecule has 0 radical (unpaired) electrons. The summed E-state index contributed by atoms with van der Waals surface area (Å²) < 4.78 is 2.61. The lowest BCUT2D eigenvalue weighted by molar-refractivity contribution is 1.29. The molecule has 0 atom stereocenters. The number of hydrogen-bond donors (Lipinski definition) is 0. The first-order valence-electron chi connectivity index (χ1n) is 14.3. The third-order valence-electron chi connectivity index (χ3n) is 8.04. The highest BCUT2D eigenvalue weighted by atomic mass is 32.1. The summed E-state index contributed by atoms with van der Waals surface area (Å²) in [4.78, 5) is 2.41. The number of thiophene rings is 1. The van der Waals surface area contributed by atoms with Crippen molar-refractivity contribution in [2.45, 2.75) is 0 Å². The highest BCUT2D eigenvalue weighted by Gasteiger charge is 2.19. The highest BCUT2D eigenvalue weighted by molar-refractivity contribution is 7.25. The molecule has 0 aliphatic heterocycles. The van der Waals surface area contributed by atoms with E-state index in [0.29, 0.717) is 0 Å². The topological polar surface area (TPSA) is 3.24 Å². The number of rotatable bonds is 5. The minimum absolute atomic E-state index is 1.13. The van der Waals surface area contributed by atoms with E-state index in [0.717, 1.165) is 17.1 Å². The van der Waals surface area contributed by atoms with E-state index in [4.69, 9.17) is 0 Å². The lowest BCUT2D eigenvalue weighted by atomic mass is 9.99. The van der Waals surface area contributed by atoms with Crippen LogP contribution in [-0.4, -0.2) is 0 Å². The van der Waals surface area contributed by atoms with Gasteiger partial charge in [0, 0.05) is 37.1 Å². The van der Waals surface area contributed by atoms with Crippen molar-refractivity contribution in [3.8, 4) is 22.3 Å². The molecule has 1 aromatic heterocycles. The van der Waals surface area contributed by atoms with Crippen LogP contribution >= 0.6 is 11.3 Å². The Morgan fingerprint density at radius 2 is 1.07 bits per heavy atom. The summed E-state index contributed by atoms with van der Waals surface area (Å²) >= 11 is 1.86. The summed E-state index contributed by atoms with van der Waals surface area (Å²) in [5.41, 5.74) is 8.24. The van der Waals surface area contributed by atoms with Crippen molar-refractivity contribution in [1.82, 2.24) is 0 Å². The van der Waals surface area contributed by atoms with Gasteiger partial charge in [-0.05, 0) is 69.9 Å². The lowest BCUT2D eigenvalue weighted by Crippen LogP contribution is -2.11. The summed E-state index contributed by atoms with van der Waals surface area (Å²) in [7, 11) is 0. The van der Waals surface area contributed by atoms with Crippen molar-refractivity contribution in [3.05, 3.63) is 164 Å². The molecule has 0 amide bonds. The fourth-order valence-corrected chi connectivity index (χ4v) is 7.14. The Hall–Kier alpha value is -5.18. The maximum absolute atomic E-state index is 2.41. The maximum atomic E-state index is 2.41. The van der Waals surface area contributed by atoms with E-state index in [1.807, 2.05) is 11.3 Å². The molecule has 0 bridgehead atoms. The minimum atomic E-state index is 1.13. The third-order valence-corrected chi connectivity index (χ3v) is 9.17. The maximum Gasteiger partial charge on any atom is 0.0540 e. The van der Waals surface area contributed by atoms with Gasteiger partial charge in [0.25, 0.3) is 0 Å². The molecule has 42 heavy (non-hydrogen) atoms. The Labute approximate surface area is 249 Å². The van der Waals surface area contributed by atoms with Crippen LogP contribution in [0.3, 0.4) is 0 Å². The van der Waals surface area contributed by atoms with Crippen molar-refractivity contribution < 1.29 is 0 Å². The molecule has 0 N–H and O–H groups in total. The molecular weight excluding hydrogens is 527 g/mol. The lowest BCUT2D eigenvalue weighted by Gasteiger charge is -2.28. The Balaban J connectivity index is 1.34. The van der Waals surface area contributed by atoms with E-state index < -0.39 is 0 Å². The molecule has 1 nitrogen and oxygen atoms in total. The Bertz CT molecular complexity index is 2210. The number of nitrogens with zero attached hydrogens (tertiary/aromatic N) is 1. The predicted octanol–water partition coefficient (Wildman–Crippen LogP) is 12.0. The second kappa shape index (κ2) is 10.3. The molecule has 0 aliphatic carbocycles. The van der Waals surface area contributed by atoms with Crippen molar-refractivity contribution in [1.29, 1.82) is 0 Å². The molecule has 8 rings (SSSR count). The Morgan fingerprint density at radius 1 is 0.381 bits per heavy atom. The molecule has 0 fully saturated rings. The largest absolute Gasteiger partial charge is 0.310 e. The molecule has 198 valence electrons. The first kappa shape index (κ1) is 24.6. The Morgan fingerprint density at radius 3 is 2.00 bits per heavy atom. The second-order valence-electron chi connectivity index (χ2n) is 10.6. The zero-order valence-electron chi connectivity index (χ0n) is 22.9. The number of benzene rings is 7. The van der Waals surface area contributed by atoms with Gasteiger partial charge in [0.1, 0.15) is 0 Å². The summed E-state index contributed by atoms with van der Waals surface area (Å²) in [6.45, 7) is 0. The van der Waals surface area contributed by atoms with E-state index in [-0.39, 0.29) is 0 Å². The van der Waals surface area contributed by atoms with E-state index in [1.54, 1.807) is 0 Å². The van der Waals surface area contributed by atoms with E-state index in [9.17, 15) is 0 Å². The second-order valence-corrected chi connectivity index (χ2v) is 11.7. The molecule has 1 heterocycles. The molecule has 0 aliphatic rings. The van der Waals surface area contributed by atoms with Crippen molar-refractivity contribution in [2.24, 2.45) is 0 Å². The molecule has 7 aromatic carbocycles. The standard InChI is InChI=1S/C40H27NS/c1-2-12-29(13-3-1)35-17-6-8-19-38(35)41(34-23-24-37-36-18-7-9-20-39(36)42-40(37)27-34)33-16-10-15-31(26-33)32-22-21-28-11-4-5-14-30(28)25-32/h1-27H. The summed E-state index contributed by atoms with van der Waals surface area (Å²) in [5.74, 6) is 0. The number of hydrogen-bond acceptors (Lipinski definition) is 2. The highest BCUT2D eigenvalue weighted by Crippen LogP contribution is 2.44.